The molecular weight excluding hydrogens is 224 g/mol. The summed E-state index contributed by atoms with van der Waals surface area (Å²) in [5, 5.41) is 2.78. The molecule has 0 spiro atoms. The van der Waals surface area contributed by atoms with Gasteiger partial charge < -0.3 is 5.32 Å². The van der Waals surface area contributed by atoms with Crippen molar-refractivity contribution in [3.63, 3.8) is 0 Å². The Bertz CT molecular complexity index is 377. The van der Waals surface area contributed by atoms with E-state index < -0.39 is 0 Å². The summed E-state index contributed by atoms with van der Waals surface area (Å²) in [6.45, 7) is 2.02. The molecule has 3 heteroatoms. The lowest BCUT2D eigenvalue weighted by Crippen LogP contribution is -2.49. The van der Waals surface area contributed by atoms with E-state index in [9.17, 15) is 4.79 Å². The van der Waals surface area contributed by atoms with Crippen LogP contribution in [0.25, 0.3) is 0 Å². The van der Waals surface area contributed by atoms with Gasteiger partial charge in [0, 0.05) is 13.6 Å². The van der Waals surface area contributed by atoms with E-state index >= 15 is 0 Å². The molecule has 3 nitrogen and oxygen atoms in total. The summed E-state index contributed by atoms with van der Waals surface area (Å²) in [6, 6.07) is 10.6. The molecular formula is C15H22N2O. The molecule has 1 aromatic rings. The SMILES string of the molecule is CNC(=O)C1CCCCN1CCc1ccccc1. The smallest absolute Gasteiger partial charge is 0.237 e. The molecule has 1 amide bonds. The van der Waals surface area contributed by atoms with Crippen LogP contribution >= 0.6 is 0 Å². The van der Waals surface area contributed by atoms with Crippen molar-refractivity contribution < 1.29 is 4.79 Å². The molecule has 0 aliphatic carbocycles. The van der Waals surface area contributed by atoms with Crippen molar-refractivity contribution in [3.05, 3.63) is 35.9 Å². The molecule has 1 atom stereocenters. The van der Waals surface area contributed by atoms with Crippen molar-refractivity contribution in [2.45, 2.75) is 31.7 Å². The normalized spacial score (nSPS) is 20.6. The quantitative estimate of drug-likeness (QED) is 0.879. The number of nitrogens with zero attached hydrogens (tertiary/aromatic N) is 1. The van der Waals surface area contributed by atoms with Crippen molar-refractivity contribution in [1.82, 2.24) is 10.2 Å². The zero-order valence-electron chi connectivity index (χ0n) is 11.1. The van der Waals surface area contributed by atoms with Crippen LogP contribution in [0.3, 0.4) is 0 Å². The number of benzene rings is 1. The molecule has 2 rings (SSSR count). The van der Waals surface area contributed by atoms with Crippen molar-refractivity contribution >= 4 is 5.91 Å². The fourth-order valence-electron chi connectivity index (χ4n) is 2.64. The molecule has 0 bridgehead atoms. The molecule has 1 aliphatic rings. The largest absolute Gasteiger partial charge is 0.358 e. The van der Waals surface area contributed by atoms with Gasteiger partial charge in [0.25, 0.3) is 0 Å². The first-order valence-corrected chi connectivity index (χ1v) is 6.81. The van der Waals surface area contributed by atoms with Gasteiger partial charge in [-0.2, -0.15) is 0 Å². The second-order valence-corrected chi connectivity index (χ2v) is 4.90. The van der Waals surface area contributed by atoms with Gasteiger partial charge in [-0.15, -0.1) is 0 Å². The molecule has 1 unspecified atom stereocenters. The molecule has 18 heavy (non-hydrogen) atoms. The van der Waals surface area contributed by atoms with Gasteiger partial charge in [0.1, 0.15) is 0 Å². The second kappa shape index (κ2) is 6.55. The van der Waals surface area contributed by atoms with Crippen LogP contribution in [-0.4, -0.2) is 37.0 Å². The van der Waals surface area contributed by atoms with Crippen LogP contribution in [0, 0.1) is 0 Å². The summed E-state index contributed by atoms with van der Waals surface area (Å²) in [5.74, 6) is 0.169. The number of likely N-dealkylation sites (tertiary alicyclic amines) is 1. The molecule has 1 N–H and O–H groups in total. The van der Waals surface area contributed by atoms with Gasteiger partial charge in [-0.3, -0.25) is 9.69 Å². The minimum absolute atomic E-state index is 0.0764. The maximum atomic E-state index is 11.8. The van der Waals surface area contributed by atoms with Crippen LogP contribution in [0.4, 0.5) is 0 Å². The number of amides is 1. The fraction of sp³-hybridized carbons (Fsp3) is 0.533. The summed E-state index contributed by atoms with van der Waals surface area (Å²) < 4.78 is 0. The highest BCUT2D eigenvalue weighted by Gasteiger charge is 2.27. The Hall–Kier alpha value is -1.35. The van der Waals surface area contributed by atoms with Gasteiger partial charge >= 0.3 is 0 Å². The lowest BCUT2D eigenvalue weighted by molar-refractivity contribution is -0.127. The Morgan fingerprint density at radius 2 is 2.11 bits per heavy atom. The Morgan fingerprint density at radius 3 is 2.83 bits per heavy atom. The minimum Gasteiger partial charge on any atom is -0.358 e. The van der Waals surface area contributed by atoms with Crippen molar-refractivity contribution in [2.24, 2.45) is 0 Å². The third-order valence-corrected chi connectivity index (χ3v) is 3.69. The lowest BCUT2D eigenvalue weighted by Gasteiger charge is -2.34. The van der Waals surface area contributed by atoms with Crippen LogP contribution in [0.15, 0.2) is 30.3 Å². The van der Waals surface area contributed by atoms with Gasteiger partial charge in [-0.05, 0) is 31.4 Å². The topological polar surface area (TPSA) is 32.3 Å². The molecule has 1 aliphatic heterocycles. The standard InChI is InChI=1S/C15H22N2O/c1-16-15(18)14-9-5-6-11-17(14)12-10-13-7-3-2-4-8-13/h2-4,7-8,14H,5-6,9-12H2,1H3,(H,16,18). The maximum absolute atomic E-state index is 11.8. The van der Waals surface area contributed by atoms with Crippen molar-refractivity contribution in [1.29, 1.82) is 0 Å². The molecule has 0 radical (unpaired) electrons. The van der Waals surface area contributed by atoms with Crippen LogP contribution in [0.1, 0.15) is 24.8 Å². The number of carbonyl (C=O) groups excluding carboxylic acids is 1. The van der Waals surface area contributed by atoms with E-state index in [-0.39, 0.29) is 11.9 Å². The number of carbonyl (C=O) groups is 1. The van der Waals surface area contributed by atoms with Crippen LogP contribution in [0.5, 0.6) is 0 Å². The third-order valence-electron chi connectivity index (χ3n) is 3.69. The predicted molar refractivity (Wildman–Crippen MR) is 73.4 cm³/mol. The van der Waals surface area contributed by atoms with E-state index in [4.69, 9.17) is 0 Å². The number of hydrogen-bond acceptors (Lipinski definition) is 2. The molecule has 1 aromatic carbocycles. The van der Waals surface area contributed by atoms with Gasteiger partial charge in [-0.25, -0.2) is 0 Å². The van der Waals surface area contributed by atoms with Crippen LogP contribution in [-0.2, 0) is 11.2 Å². The van der Waals surface area contributed by atoms with E-state index in [1.807, 2.05) is 6.07 Å². The molecule has 1 heterocycles. The Labute approximate surface area is 109 Å². The van der Waals surface area contributed by atoms with E-state index in [1.165, 1.54) is 18.4 Å². The third kappa shape index (κ3) is 3.33. The monoisotopic (exact) mass is 246 g/mol. The molecule has 1 saturated heterocycles. The van der Waals surface area contributed by atoms with Gasteiger partial charge in [-0.1, -0.05) is 36.8 Å². The highest BCUT2D eigenvalue weighted by molar-refractivity contribution is 5.81. The van der Waals surface area contributed by atoms with E-state index in [1.54, 1.807) is 7.05 Å². The summed E-state index contributed by atoms with van der Waals surface area (Å²) in [4.78, 5) is 14.2. The number of hydrogen-bond donors (Lipinski definition) is 1. The number of likely N-dealkylation sites (N-methyl/N-ethyl adjacent to an activating group) is 1. The average molecular weight is 246 g/mol. The first-order valence-electron chi connectivity index (χ1n) is 6.81. The van der Waals surface area contributed by atoms with Gasteiger partial charge in [0.2, 0.25) is 5.91 Å². The van der Waals surface area contributed by atoms with Crippen molar-refractivity contribution in [2.75, 3.05) is 20.1 Å². The van der Waals surface area contributed by atoms with Gasteiger partial charge in [0.15, 0.2) is 0 Å². The zero-order chi connectivity index (χ0) is 12.8. The van der Waals surface area contributed by atoms with Crippen molar-refractivity contribution in [3.8, 4) is 0 Å². The summed E-state index contributed by atoms with van der Waals surface area (Å²) in [5.41, 5.74) is 1.35. The predicted octanol–water partition coefficient (Wildman–Crippen LogP) is 1.83. The van der Waals surface area contributed by atoms with Crippen LogP contribution < -0.4 is 5.32 Å². The zero-order valence-corrected chi connectivity index (χ0v) is 11.1. The van der Waals surface area contributed by atoms with E-state index in [0.29, 0.717) is 0 Å². The first-order chi connectivity index (χ1) is 8.81. The maximum Gasteiger partial charge on any atom is 0.237 e. The highest BCUT2D eigenvalue weighted by Crippen LogP contribution is 2.17. The van der Waals surface area contributed by atoms with Gasteiger partial charge in [0.05, 0.1) is 6.04 Å². The number of nitrogens with one attached hydrogen (secondary N) is 1. The fourth-order valence-corrected chi connectivity index (χ4v) is 2.64. The number of rotatable bonds is 4. The summed E-state index contributed by atoms with van der Waals surface area (Å²) in [7, 11) is 1.73. The highest BCUT2D eigenvalue weighted by atomic mass is 16.2. The first kappa shape index (κ1) is 13.1. The van der Waals surface area contributed by atoms with E-state index in [0.717, 1.165) is 25.9 Å². The summed E-state index contributed by atoms with van der Waals surface area (Å²) in [6.07, 6.45) is 4.39. The second-order valence-electron chi connectivity index (χ2n) is 4.90. The van der Waals surface area contributed by atoms with Crippen LogP contribution in [0.2, 0.25) is 0 Å². The number of piperidine rings is 1. The molecule has 0 aromatic heterocycles. The Balaban J connectivity index is 1.91. The average Bonchev–Trinajstić information content (AvgIpc) is 2.45. The Morgan fingerprint density at radius 1 is 1.33 bits per heavy atom. The molecule has 1 fully saturated rings. The lowest BCUT2D eigenvalue weighted by atomic mass is 10.0. The molecule has 98 valence electrons. The molecule has 0 saturated carbocycles. The van der Waals surface area contributed by atoms with E-state index in [2.05, 4.69) is 34.5 Å². The Kier molecular flexibility index (Phi) is 4.76. The minimum atomic E-state index is 0.0764. The summed E-state index contributed by atoms with van der Waals surface area (Å²) >= 11 is 0.